The third kappa shape index (κ3) is 3.75. The van der Waals surface area contributed by atoms with Crippen LogP contribution in [0.25, 0.3) is 0 Å². The van der Waals surface area contributed by atoms with E-state index in [0.29, 0.717) is 5.75 Å². The van der Waals surface area contributed by atoms with Gasteiger partial charge in [0.1, 0.15) is 5.75 Å². The molecule has 3 N–H and O–H groups in total. The molecule has 1 aromatic rings. The predicted octanol–water partition coefficient (Wildman–Crippen LogP) is 1.77. The third-order valence-electron chi connectivity index (χ3n) is 2.49. The van der Waals surface area contributed by atoms with E-state index in [0.717, 1.165) is 0 Å². The first-order chi connectivity index (χ1) is 7.84. The van der Waals surface area contributed by atoms with Crippen LogP contribution >= 0.6 is 0 Å². The summed E-state index contributed by atoms with van der Waals surface area (Å²) in [5.41, 5.74) is 6.55. The van der Waals surface area contributed by atoms with Crippen molar-refractivity contribution in [1.29, 1.82) is 0 Å². The van der Waals surface area contributed by atoms with Crippen LogP contribution in [0.3, 0.4) is 0 Å². The Kier molecular flexibility index (Phi) is 4.12. The van der Waals surface area contributed by atoms with E-state index in [1.807, 2.05) is 12.1 Å². The van der Waals surface area contributed by atoms with E-state index in [2.05, 4.69) is 20.8 Å². The zero-order valence-electron chi connectivity index (χ0n) is 10.4. The SMILES string of the molecule is CC(C)(C)c1ccc(OC(CN)C(=O)O)cc1. The number of nitrogens with two attached hydrogens (primary N) is 1. The summed E-state index contributed by atoms with van der Waals surface area (Å²) >= 11 is 0. The normalized spacial score (nSPS) is 13.2. The van der Waals surface area contributed by atoms with E-state index in [-0.39, 0.29) is 12.0 Å². The van der Waals surface area contributed by atoms with Crippen LogP contribution in [0.4, 0.5) is 0 Å². The first-order valence-corrected chi connectivity index (χ1v) is 5.54. The summed E-state index contributed by atoms with van der Waals surface area (Å²) in [5, 5.41) is 8.81. The number of hydrogen-bond acceptors (Lipinski definition) is 3. The molecule has 0 heterocycles. The standard InChI is InChI=1S/C13H19NO3/c1-13(2,3)9-4-6-10(7-5-9)17-11(8-14)12(15)16/h4-7,11H,8,14H2,1-3H3,(H,15,16). The molecule has 0 saturated carbocycles. The molecule has 0 aliphatic carbocycles. The summed E-state index contributed by atoms with van der Waals surface area (Å²) in [6.45, 7) is 6.30. The molecule has 4 nitrogen and oxygen atoms in total. The van der Waals surface area contributed by atoms with Crippen LogP contribution in [0.15, 0.2) is 24.3 Å². The second-order valence-electron chi connectivity index (χ2n) is 4.95. The van der Waals surface area contributed by atoms with Crippen molar-refractivity contribution < 1.29 is 14.6 Å². The lowest BCUT2D eigenvalue weighted by atomic mass is 9.87. The van der Waals surface area contributed by atoms with Crippen LogP contribution in [-0.4, -0.2) is 23.7 Å². The zero-order valence-corrected chi connectivity index (χ0v) is 10.4. The maximum Gasteiger partial charge on any atom is 0.346 e. The van der Waals surface area contributed by atoms with Gasteiger partial charge in [0.05, 0.1) is 0 Å². The second-order valence-corrected chi connectivity index (χ2v) is 4.95. The molecule has 0 saturated heterocycles. The number of carboxylic acids is 1. The maximum atomic E-state index is 10.8. The summed E-state index contributed by atoms with van der Waals surface area (Å²) in [6, 6.07) is 7.41. The van der Waals surface area contributed by atoms with Gasteiger partial charge in [-0.25, -0.2) is 4.79 Å². The Morgan fingerprint density at radius 3 is 2.24 bits per heavy atom. The van der Waals surface area contributed by atoms with Gasteiger partial charge in [0, 0.05) is 6.54 Å². The molecule has 0 radical (unpaired) electrons. The van der Waals surface area contributed by atoms with Crippen molar-refractivity contribution >= 4 is 5.97 Å². The number of rotatable bonds is 4. The summed E-state index contributed by atoms with van der Waals surface area (Å²) < 4.78 is 5.27. The quantitative estimate of drug-likeness (QED) is 0.837. The molecule has 94 valence electrons. The maximum absolute atomic E-state index is 10.8. The van der Waals surface area contributed by atoms with Crippen LogP contribution < -0.4 is 10.5 Å². The van der Waals surface area contributed by atoms with Crippen molar-refractivity contribution in [3.8, 4) is 5.75 Å². The molecule has 0 aliphatic rings. The second kappa shape index (κ2) is 5.19. The molecule has 17 heavy (non-hydrogen) atoms. The van der Waals surface area contributed by atoms with Gasteiger partial charge >= 0.3 is 5.97 Å². The van der Waals surface area contributed by atoms with E-state index in [9.17, 15) is 4.79 Å². The molecule has 1 aromatic carbocycles. The minimum absolute atomic E-state index is 0.0453. The number of benzene rings is 1. The highest BCUT2D eigenvalue weighted by atomic mass is 16.5. The number of carboxylic acid groups (broad SMARTS) is 1. The van der Waals surface area contributed by atoms with Gasteiger partial charge in [0.15, 0.2) is 0 Å². The lowest BCUT2D eigenvalue weighted by Gasteiger charge is -2.20. The van der Waals surface area contributed by atoms with Gasteiger partial charge in [-0.1, -0.05) is 32.9 Å². The van der Waals surface area contributed by atoms with Gasteiger partial charge in [0.2, 0.25) is 6.10 Å². The Balaban J connectivity index is 2.78. The summed E-state index contributed by atoms with van der Waals surface area (Å²) in [4.78, 5) is 10.8. The Morgan fingerprint density at radius 2 is 1.88 bits per heavy atom. The van der Waals surface area contributed by atoms with E-state index < -0.39 is 12.1 Å². The molecular weight excluding hydrogens is 218 g/mol. The van der Waals surface area contributed by atoms with E-state index in [1.165, 1.54) is 5.56 Å². The smallest absolute Gasteiger partial charge is 0.346 e. The monoisotopic (exact) mass is 237 g/mol. The third-order valence-corrected chi connectivity index (χ3v) is 2.49. The van der Waals surface area contributed by atoms with Crippen molar-refractivity contribution in [3.63, 3.8) is 0 Å². The molecule has 0 spiro atoms. The Bertz CT molecular complexity index is 379. The first-order valence-electron chi connectivity index (χ1n) is 5.54. The number of aliphatic carboxylic acids is 1. The van der Waals surface area contributed by atoms with Crippen LogP contribution in [0.1, 0.15) is 26.3 Å². The fraction of sp³-hybridized carbons (Fsp3) is 0.462. The molecule has 0 fully saturated rings. The molecule has 0 bridgehead atoms. The van der Waals surface area contributed by atoms with Crippen molar-refractivity contribution in [2.45, 2.75) is 32.3 Å². The van der Waals surface area contributed by atoms with Crippen molar-refractivity contribution in [1.82, 2.24) is 0 Å². The van der Waals surface area contributed by atoms with Crippen molar-refractivity contribution in [2.24, 2.45) is 5.73 Å². The lowest BCUT2D eigenvalue weighted by Crippen LogP contribution is -2.34. The van der Waals surface area contributed by atoms with E-state index in [4.69, 9.17) is 15.6 Å². The fourth-order valence-electron chi connectivity index (χ4n) is 1.40. The van der Waals surface area contributed by atoms with Crippen LogP contribution in [0.5, 0.6) is 5.75 Å². The van der Waals surface area contributed by atoms with Gasteiger partial charge in [-0.3, -0.25) is 0 Å². The van der Waals surface area contributed by atoms with Gasteiger partial charge in [-0.15, -0.1) is 0 Å². The summed E-state index contributed by atoms with van der Waals surface area (Å²) in [7, 11) is 0. The van der Waals surface area contributed by atoms with Crippen molar-refractivity contribution in [2.75, 3.05) is 6.54 Å². The molecule has 1 unspecified atom stereocenters. The topological polar surface area (TPSA) is 72.5 Å². The molecule has 1 rings (SSSR count). The fourth-order valence-corrected chi connectivity index (χ4v) is 1.40. The van der Waals surface area contributed by atoms with Gasteiger partial charge < -0.3 is 15.6 Å². The average Bonchev–Trinajstić information content (AvgIpc) is 2.25. The Morgan fingerprint density at radius 1 is 1.35 bits per heavy atom. The summed E-state index contributed by atoms with van der Waals surface area (Å²) in [5.74, 6) is -0.525. The molecule has 0 aromatic heterocycles. The zero-order chi connectivity index (χ0) is 13.1. The Labute approximate surface area is 101 Å². The average molecular weight is 237 g/mol. The number of carbonyl (C=O) groups is 1. The molecule has 1 atom stereocenters. The highest BCUT2D eigenvalue weighted by Crippen LogP contribution is 2.24. The highest BCUT2D eigenvalue weighted by molar-refractivity contribution is 5.73. The van der Waals surface area contributed by atoms with E-state index in [1.54, 1.807) is 12.1 Å². The van der Waals surface area contributed by atoms with Gasteiger partial charge in [-0.2, -0.15) is 0 Å². The minimum atomic E-state index is -1.05. The predicted molar refractivity (Wildman–Crippen MR) is 66.2 cm³/mol. The lowest BCUT2D eigenvalue weighted by molar-refractivity contribution is -0.144. The Hall–Kier alpha value is -1.55. The van der Waals surface area contributed by atoms with Gasteiger partial charge in [0.25, 0.3) is 0 Å². The molecular formula is C13H19NO3. The van der Waals surface area contributed by atoms with Crippen LogP contribution in [0.2, 0.25) is 0 Å². The van der Waals surface area contributed by atoms with Crippen LogP contribution in [0, 0.1) is 0 Å². The first kappa shape index (κ1) is 13.5. The van der Waals surface area contributed by atoms with Gasteiger partial charge in [-0.05, 0) is 23.1 Å². The van der Waals surface area contributed by atoms with Crippen molar-refractivity contribution in [3.05, 3.63) is 29.8 Å². The minimum Gasteiger partial charge on any atom is -0.478 e. The highest BCUT2D eigenvalue weighted by Gasteiger charge is 2.18. The molecule has 0 aliphatic heterocycles. The van der Waals surface area contributed by atoms with Crippen LogP contribution in [-0.2, 0) is 10.2 Å². The molecule has 4 heteroatoms. The number of hydrogen-bond donors (Lipinski definition) is 2. The molecule has 0 amide bonds. The van der Waals surface area contributed by atoms with E-state index >= 15 is 0 Å². The largest absolute Gasteiger partial charge is 0.478 e. The summed E-state index contributed by atoms with van der Waals surface area (Å²) in [6.07, 6.45) is -0.990. The number of ether oxygens (including phenoxy) is 1.